The number of halogens is 4. The quantitative estimate of drug-likeness (QED) is 0.816. The van der Waals surface area contributed by atoms with Crippen molar-refractivity contribution in [3.63, 3.8) is 0 Å². The van der Waals surface area contributed by atoms with Crippen LogP contribution in [0.3, 0.4) is 0 Å². The molecule has 0 unspecified atom stereocenters. The smallest absolute Gasteiger partial charge is 0.310 e. The zero-order chi connectivity index (χ0) is 14.8. The van der Waals surface area contributed by atoms with Gasteiger partial charge in [-0.25, -0.2) is 4.39 Å². The molecule has 0 bridgehead atoms. The molecule has 0 spiro atoms. The lowest BCUT2D eigenvalue weighted by Crippen LogP contribution is -2.36. The molecule has 1 N–H and O–H groups in total. The second-order valence-electron chi connectivity index (χ2n) is 5.55. The van der Waals surface area contributed by atoms with Crippen LogP contribution in [0.1, 0.15) is 36.8 Å². The molecule has 0 amide bonds. The molecule has 0 atom stereocenters. The number of rotatable bonds is 3. The Bertz CT molecular complexity index is 448. The van der Waals surface area contributed by atoms with Crippen molar-refractivity contribution in [3.8, 4) is 0 Å². The van der Waals surface area contributed by atoms with Crippen LogP contribution in [-0.2, 0) is 6.54 Å². The average Bonchev–Trinajstić information content (AvgIpc) is 2.40. The summed E-state index contributed by atoms with van der Waals surface area (Å²) < 4.78 is 51.0. The van der Waals surface area contributed by atoms with Gasteiger partial charge in [0, 0.05) is 12.6 Å². The van der Waals surface area contributed by atoms with Crippen LogP contribution in [-0.4, -0.2) is 12.2 Å². The summed E-state index contributed by atoms with van der Waals surface area (Å²) in [7, 11) is 0. The zero-order valence-electron chi connectivity index (χ0n) is 11.4. The number of hydrogen-bond donors (Lipinski definition) is 1. The molecule has 1 fully saturated rings. The van der Waals surface area contributed by atoms with Gasteiger partial charge < -0.3 is 5.32 Å². The second kappa shape index (κ2) is 6.12. The Balaban J connectivity index is 1.80. The van der Waals surface area contributed by atoms with Gasteiger partial charge in [-0.3, -0.25) is 0 Å². The van der Waals surface area contributed by atoms with Gasteiger partial charge in [0.25, 0.3) is 0 Å². The molecule has 20 heavy (non-hydrogen) atoms. The maximum absolute atomic E-state index is 13.4. The molecule has 0 aliphatic heterocycles. The van der Waals surface area contributed by atoms with Gasteiger partial charge >= 0.3 is 6.18 Å². The predicted molar refractivity (Wildman–Crippen MR) is 69.8 cm³/mol. The Hall–Kier alpha value is -1.10. The van der Waals surface area contributed by atoms with Crippen molar-refractivity contribution in [2.75, 3.05) is 0 Å². The first-order valence-electron chi connectivity index (χ1n) is 6.91. The van der Waals surface area contributed by atoms with Gasteiger partial charge in [0.05, 0.1) is 5.92 Å². The number of benzene rings is 1. The summed E-state index contributed by atoms with van der Waals surface area (Å²) in [5.74, 6) is -1.40. The molecule has 0 heterocycles. The summed E-state index contributed by atoms with van der Waals surface area (Å²) in [4.78, 5) is 0. The van der Waals surface area contributed by atoms with Crippen LogP contribution in [0, 0.1) is 18.7 Å². The topological polar surface area (TPSA) is 12.0 Å². The molecule has 0 saturated heterocycles. The third-order valence-electron chi connectivity index (χ3n) is 4.02. The minimum absolute atomic E-state index is 0.0953. The van der Waals surface area contributed by atoms with E-state index in [0.717, 1.165) is 5.56 Å². The fourth-order valence-electron chi connectivity index (χ4n) is 2.63. The van der Waals surface area contributed by atoms with Gasteiger partial charge in [0.1, 0.15) is 5.82 Å². The molecule has 112 valence electrons. The lowest BCUT2D eigenvalue weighted by Gasteiger charge is -2.30. The fourth-order valence-corrected chi connectivity index (χ4v) is 2.63. The summed E-state index contributed by atoms with van der Waals surface area (Å²) in [5, 5.41) is 3.22. The van der Waals surface area contributed by atoms with Crippen molar-refractivity contribution < 1.29 is 17.6 Å². The van der Waals surface area contributed by atoms with E-state index in [2.05, 4.69) is 5.32 Å². The number of hydrogen-bond acceptors (Lipinski definition) is 1. The predicted octanol–water partition coefficient (Wildman–Crippen LogP) is 4.34. The summed E-state index contributed by atoms with van der Waals surface area (Å²) in [6.45, 7) is 2.20. The van der Waals surface area contributed by atoms with E-state index in [4.69, 9.17) is 0 Å². The Kier molecular flexibility index (Phi) is 4.68. The van der Waals surface area contributed by atoms with E-state index < -0.39 is 12.1 Å². The van der Waals surface area contributed by atoms with Gasteiger partial charge in [-0.1, -0.05) is 12.1 Å². The third-order valence-corrected chi connectivity index (χ3v) is 4.02. The van der Waals surface area contributed by atoms with E-state index in [1.165, 1.54) is 6.07 Å². The first kappa shape index (κ1) is 15.3. The lowest BCUT2D eigenvalue weighted by molar-refractivity contribution is -0.182. The summed E-state index contributed by atoms with van der Waals surface area (Å²) in [5.41, 5.74) is 1.42. The lowest BCUT2D eigenvalue weighted by atomic mass is 9.85. The van der Waals surface area contributed by atoms with Crippen LogP contribution < -0.4 is 5.32 Å². The van der Waals surface area contributed by atoms with Crippen LogP contribution in [0.5, 0.6) is 0 Å². The van der Waals surface area contributed by atoms with E-state index in [0.29, 0.717) is 24.9 Å². The maximum atomic E-state index is 13.4. The van der Waals surface area contributed by atoms with Gasteiger partial charge in [-0.2, -0.15) is 13.2 Å². The molecule has 1 aromatic carbocycles. The van der Waals surface area contributed by atoms with Gasteiger partial charge in [0.15, 0.2) is 0 Å². The minimum atomic E-state index is -4.06. The molecular formula is C15H19F4N. The Morgan fingerprint density at radius 2 is 1.80 bits per heavy atom. The molecular weight excluding hydrogens is 270 g/mol. The van der Waals surface area contributed by atoms with E-state index in [1.54, 1.807) is 13.0 Å². The van der Waals surface area contributed by atoms with Crippen LogP contribution in [0.25, 0.3) is 0 Å². The number of aryl methyl sites for hydroxylation is 1. The van der Waals surface area contributed by atoms with Gasteiger partial charge in [0.2, 0.25) is 0 Å². The standard InChI is InChI=1S/C15H19F4N/c1-10-2-3-11(8-14(10)16)9-20-13-6-4-12(5-7-13)15(17,18)19/h2-3,8,12-13,20H,4-7,9H2,1H3. The Labute approximate surface area is 116 Å². The highest BCUT2D eigenvalue weighted by Crippen LogP contribution is 2.37. The maximum Gasteiger partial charge on any atom is 0.391 e. The Morgan fingerprint density at radius 1 is 1.15 bits per heavy atom. The molecule has 0 aromatic heterocycles. The Morgan fingerprint density at radius 3 is 2.35 bits per heavy atom. The molecule has 1 aromatic rings. The van der Waals surface area contributed by atoms with E-state index in [1.807, 2.05) is 6.07 Å². The highest BCUT2D eigenvalue weighted by Gasteiger charge is 2.41. The summed E-state index contributed by atoms with van der Waals surface area (Å²) >= 11 is 0. The normalized spacial score (nSPS) is 23.9. The van der Waals surface area contributed by atoms with Gasteiger partial charge in [-0.05, 0) is 49.8 Å². The number of alkyl halides is 3. The molecule has 1 aliphatic rings. The minimum Gasteiger partial charge on any atom is -0.310 e. The molecule has 1 saturated carbocycles. The van der Waals surface area contributed by atoms with E-state index >= 15 is 0 Å². The molecule has 2 rings (SSSR count). The highest BCUT2D eigenvalue weighted by molar-refractivity contribution is 5.23. The van der Waals surface area contributed by atoms with Crippen LogP contribution >= 0.6 is 0 Å². The van der Waals surface area contributed by atoms with Crippen LogP contribution in [0.4, 0.5) is 17.6 Å². The SMILES string of the molecule is Cc1ccc(CNC2CCC(C(F)(F)F)CC2)cc1F. The van der Waals surface area contributed by atoms with Gasteiger partial charge in [-0.15, -0.1) is 0 Å². The van der Waals surface area contributed by atoms with Crippen molar-refractivity contribution in [1.82, 2.24) is 5.32 Å². The third kappa shape index (κ3) is 3.95. The monoisotopic (exact) mass is 289 g/mol. The molecule has 0 radical (unpaired) electrons. The first-order valence-corrected chi connectivity index (χ1v) is 6.91. The highest BCUT2D eigenvalue weighted by atomic mass is 19.4. The summed E-state index contributed by atoms with van der Waals surface area (Å²) in [6.07, 6.45) is -2.64. The molecule has 1 aliphatic carbocycles. The van der Waals surface area contributed by atoms with Crippen LogP contribution in [0.15, 0.2) is 18.2 Å². The average molecular weight is 289 g/mol. The van der Waals surface area contributed by atoms with Crippen molar-refractivity contribution in [2.24, 2.45) is 5.92 Å². The van der Waals surface area contributed by atoms with Crippen molar-refractivity contribution in [3.05, 3.63) is 35.1 Å². The first-order chi connectivity index (χ1) is 9.36. The molecule has 1 nitrogen and oxygen atoms in total. The summed E-state index contributed by atoms with van der Waals surface area (Å²) in [6, 6.07) is 5.13. The van der Waals surface area contributed by atoms with E-state index in [-0.39, 0.29) is 24.7 Å². The molecule has 5 heteroatoms. The van der Waals surface area contributed by atoms with Crippen LogP contribution in [0.2, 0.25) is 0 Å². The van der Waals surface area contributed by atoms with E-state index in [9.17, 15) is 17.6 Å². The second-order valence-corrected chi connectivity index (χ2v) is 5.55. The fraction of sp³-hybridized carbons (Fsp3) is 0.600. The zero-order valence-corrected chi connectivity index (χ0v) is 11.4. The largest absolute Gasteiger partial charge is 0.391 e. The van der Waals surface area contributed by atoms with Crippen molar-refractivity contribution in [1.29, 1.82) is 0 Å². The number of nitrogens with one attached hydrogen (secondary N) is 1. The van der Waals surface area contributed by atoms with Crippen molar-refractivity contribution >= 4 is 0 Å². The van der Waals surface area contributed by atoms with Crippen molar-refractivity contribution in [2.45, 2.75) is 51.4 Å².